The minimum atomic E-state index is -3.91. The average molecular weight is 467 g/mol. The molecule has 0 radical (unpaired) electrons. The molecule has 32 heavy (non-hydrogen) atoms. The molecular weight excluding hydrogens is 432 g/mol. The van der Waals surface area contributed by atoms with E-state index in [-0.39, 0.29) is 54.7 Å². The Morgan fingerprint density at radius 1 is 1.38 bits per heavy atom. The number of carbonyl (C=O) groups is 1. The summed E-state index contributed by atoms with van der Waals surface area (Å²) in [6.45, 7) is 7.53. The number of nitrogens with zero attached hydrogens (tertiary/aromatic N) is 2. The highest BCUT2D eigenvalue weighted by molar-refractivity contribution is 7.89. The van der Waals surface area contributed by atoms with E-state index in [1.165, 1.54) is 22.4 Å². The van der Waals surface area contributed by atoms with E-state index < -0.39 is 22.2 Å². The second kappa shape index (κ2) is 11.1. The highest BCUT2D eigenvalue weighted by Crippen LogP contribution is 2.34. The highest BCUT2D eigenvalue weighted by atomic mass is 32.2. The smallest absolute Gasteiger partial charge is 0.248 e. The molecular formula is C23H34N2O6S. The van der Waals surface area contributed by atoms with Crippen molar-refractivity contribution in [3.63, 3.8) is 0 Å². The van der Waals surface area contributed by atoms with Crippen molar-refractivity contribution < 1.29 is 27.8 Å². The van der Waals surface area contributed by atoms with E-state index in [4.69, 9.17) is 9.47 Å². The van der Waals surface area contributed by atoms with Gasteiger partial charge >= 0.3 is 0 Å². The molecule has 178 valence electrons. The van der Waals surface area contributed by atoms with Gasteiger partial charge in [-0.25, -0.2) is 8.42 Å². The van der Waals surface area contributed by atoms with E-state index in [0.29, 0.717) is 5.56 Å². The first kappa shape index (κ1) is 26.1. The number of carbonyl (C=O) groups excluding carboxylic acids is 1. The van der Waals surface area contributed by atoms with Crippen LogP contribution in [0.1, 0.15) is 33.3 Å². The lowest BCUT2D eigenvalue weighted by molar-refractivity contribution is -0.135. The minimum absolute atomic E-state index is 0.0238. The van der Waals surface area contributed by atoms with Crippen LogP contribution in [0.2, 0.25) is 0 Å². The van der Waals surface area contributed by atoms with E-state index in [2.05, 4.69) is 11.8 Å². The SMILES string of the molecule is COCC(=O)N(C)C[C@@H]1Oc2cc(C#CC(C)C)ccc2S(=O)(=O)N([C@@H](C)CO)C[C@@H]1C. The molecule has 8 nitrogen and oxygen atoms in total. The van der Waals surface area contributed by atoms with Crippen molar-refractivity contribution in [3.8, 4) is 17.6 Å². The molecule has 1 N–H and O–H groups in total. The summed E-state index contributed by atoms with van der Waals surface area (Å²) in [5.74, 6) is 6.02. The molecule has 3 atom stereocenters. The van der Waals surface area contributed by atoms with Crippen LogP contribution in [0.5, 0.6) is 5.75 Å². The van der Waals surface area contributed by atoms with Gasteiger partial charge in [0.1, 0.15) is 23.4 Å². The quantitative estimate of drug-likeness (QED) is 0.640. The maximum atomic E-state index is 13.4. The molecule has 0 saturated carbocycles. The number of amides is 1. The van der Waals surface area contributed by atoms with Crippen LogP contribution in [0.15, 0.2) is 23.1 Å². The van der Waals surface area contributed by atoms with Crippen molar-refractivity contribution in [3.05, 3.63) is 23.8 Å². The van der Waals surface area contributed by atoms with Gasteiger partial charge in [0, 0.05) is 44.1 Å². The molecule has 1 aliphatic rings. The average Bonchev–Trinajstić information content (AvgIpc) is 2.74. The Morgan fingerprint density at radius 3 is 2.66 bits per heavy atom. The number of aliphatic hydroxyl groups is 1. The maximum Gasteiger partial charge on any atom is 0.248 e. The molecule has 0 fully saturated rings. The number of benzene rings is 1. The number of rotatable bonds is 6. The van der Waals surface area contributed by atoms with Crippen molar-refractivity contribution >= 4 is 15.9 Å². The summed E-state index contributed by atoms with van der Waals surface area (Å²) in [7, 11) is -0.799. The number of fused-ring (bicyclic) bond motifs is 1. The molecule has 1 aromatic rings. The number of methoxy groups -OCH3 is 1. The van der Waals surface area contributed by atoms with Crippen LogP contribution in [0, 0.1) is 23.7 Å². The molecule has 1 aromatic carbocycles. The summed E-state index contributed by atoms with van der Waals surface area (Å²) < 4.78 is 39.3. The van der Waals surface area contributed by atoms with Gasteiger partial charge in [-0.1, -0.05) is 32.6 Å². The Kier molecular flexibility index (Phi) is 9.10. The molecule has 0 bridgehead atoms. The first-order valence-corrected chi connectivity index (χ1v) is 12.1. The summed E-state index contributed by atoms with van der Waals surface area (Å²) in [4.78, 5) is 13.8. The number of aliphatic hydroxyl groups excluding tert-OH is 1. The zero-order valence-corrected chi connectivity index (χ0v) is 20.5. The molecule has 0 unspecified atom stereocenters. The van der Waals surface area contributed by atoms with Gasteiger partial charge in [-0.05, 0) is 25.1 Å². The number of ether oxygens (including phenoxy) is 2. The number of likely N-dealkylation sites (N-methyl/N-ethyl adjacent to an activating group) is 1. The molecule has 0 spiro atoms. The fraction of sp³-hybridized carbons (Fsp3) is 0.609. The highest BCUT2D eigenvalue weighted by Gasteiger charge is 2.38. The fourth-order valence-corrected chi connectivity index (χ4v) is 5.18. The van der Waals surface area contributed by atoms with Crippen molar-refractivity contribution in [2.45, 2.75) is 44.7 Å². The number of hydrogen-bond donors (Lipinski definition) is 1. The van der Waals surface area contributed by atoms with Crippen LogP contribution in [0.25, 0.3) is 0 Å². The Labute approximate surface area is 191 Å². The molecule has 0 aromatic heterocycles. The maximum absolute atomic E-state index is 13.4. The Balaban J connectivity index is 2.55. The van der Waals surface area contributed by atoms with Gasteiger partial charge in [-0.3, -0.25) is 4.79 Å². The van der Waals surface area contributed by atoms with Crippen molar-refractivity contribution in [1.82, 2.24) is 9.21 Å². The monoisotopic (exact) mass is 466 g/mol. The zero-order valence-electron chi connectivity index (χ0n) is 19.7. The van der Waals surface area contributed by atoms with Gasteiger partial charge < -0.3 is 19.5 Å². The Morgan fingerprint density at radius 2 is 2.06 bits per heavy atom. The summed E-state index contributed by atoms with van der Waals surface area (Å²) in [6, 6.07) is 4.18. The van der Waals surface area contributed by atoms with Crippen LogP contribution in [0.3, 0.4) is 0 Å². The van der Waals surface area contributed by atoms with Crippen LogP contribution in [-0.4, -0.2) is 81.2 Å². The summed E-state index contributed by atoms with van der Waals surface area (Å²) in [5.41, 5.74) is 0.644. The first-order valence-electron chi connectivity index (χ1n) is 10.7. The normalized spacial score (nSPS) is 21.4. The largest absolute Gasteiger partial charge is 0.487 e. The second-order valence-electron chi connectivity index (χ2n) is 8.53. The van der Waals surface area contributed by atoms with Gasteiger partial charge in [-0.2, -0.15) is 4.31 Å². The zero-order chi connectivity index (χ0) is 24.1. The van der Waals surface area contributed by atoms with Gasteiger partial charge in [0.15, 0.2) is 0 Å². The van der Waals surface area contributed by atoms with Gasteiger partial charge in [0.25, 0.3) is 0 Å². The molecule has 0 saturated heterocycles. The minimum Gasteiger partial charge on any atom is -0.487 e. The predicted octanol–water partition coefficient (Wildman–Crippen LogP) is 1.57. The van der Waals surface area contributed by atoms with Crippen molar-refractivity contribution in [1.29, 1.82) is 0 Å². The number of hydrogen-bond acceptors (Lipinski definition) is 6. The molecule has 1 amide bonds. The lowest BCUT2D eigenvalue weighted by atomic mass is 10.0. The Hall–Kier alpha value is -2.12. The van der Waals surface area contributed by atoms with Crippen molar-refractivity contribution in [2.75, 3.05) is 40.5 Å². The molecule has 2 rings (SSSR count). The van der Waals surface area contributed by atoms with Crippen LogP contribution < -0.4 is 4.74 Å². The van der Waals surface area contributed by atoms with E-state index in [1.807, 2.05) is 20.8 Å². The van der Waals surface area contributed by atoms with Crippen LogP contribution >= 0.6 is 0 Å². The van der Waals surface area contributed by atoms with E-state index >= 15 is 0 Å². The molecule has 1 heterocycles. The van der Waals surface area contributed by atoms with Crippen molar-refractivity contribution in [2.24, 2.45) is 11.8 Å². The van der Waals surface area contributed by atoms with E-state index in [1.54, 1.807) is 26.1 Å². The molecule has 9 heteroatoms. The topological polar surface area (TPSA) is 96.4 Å². The third-order valence-corrected chi connectivity index (χ3v) is 7.34. The summed E-state index contributed by atoms with van der Waals surface area (Å²) >= 11 is 0. The van der Waals surface area contributed by atoms with Crippen LogP contribution in [0.4, 0.5) is 0 Å². The third kappa shape index (κ3) is 6.23. The van der Waals surface area contributed by atoms with E-state index in [0.717, 1.165) is 0 Å². The van der Waals surface area contributed by atoms with E-state index in [9.17, 15) is 18.3 Å². The standard InChI is InChI=1S/C23H34N2O6S/c1-16(2)7-8-19-9-10-22-20(11-19)31-21(13-24(5)23(27)15-30-6)17(3)12-25(18(4)14-26)32(22,28)29/h9-11,16-18,21,26H,12-15H2,1-6H3/t17-,18-,21-/m0/s1. The van der Waals surface area contributed by atoms with Gasteiger partial charge in [0.05, 0.1) is 13.2 Å². The lowest BCUT2D eigenvalue weighted by Crippen LogP contribution is -2.50. The second-order valence-corrected chi connectivity index (χ2v) is 10.4. The van der Waals surface area contributed by atoms with Gasteiger partial charge in [0.2, 0.25) is 15.9 Å². The summed E-state index contributed by atoms with van der Waals surface area (Å²) in [6.07, 6.45) is -0.475. The third-order valence-electron chi connectivity index (χ3n) is 5.32. The molecule has 1 aliphatic heterocycles. The molecule has 0 aliphatic carbocycles. The van der Waals surface area contributed by atoms with Crippen LogP contribution in [-0.2, 0) is 19.6 Å². The summed E-state index contributed by atoms with van der Waals surface area (Å²) in [5, 5.41) is 9.70. The number of sulfonamides is 1. The fourth-order valence-electron chi connectivity index (χ4n) is 3.35. The van der Waals surface area contributed by atoms with Gasteiger partial charge in [-0.15, -0.1) is 0 Å². The predicted molar refractivity (Wildman–Crippen MR) is 122 cm³/mol. The Bertz CT molecular complexity index is 966. The first-order chi connectivity index (χ1) is 15.0. The lowest BCUT2D eigenvalue weighted by Gasteiger charge is -2.37.